The summed E-state index contributed by atoms with van der Waals surface area (Å²) in [5.74, 6) is 1.07. The van der Waals surface area contributed by atoms with Crippen molar-refractivity contribution in [2.45, 2.75) is 13.0 Å². The van der Waals surface area contributed by atoms with Crippen molar-refractivity contribution in [1.82, 2.24) is 10.1 Å². The van der Waals surface area contributed by atoms with Crippen molar-refractivity contribution >= 4 is 13.4 Å². The average Bonchev–Trinajstić information content (AvgIpc) is 3.23. The highest BCUT2D eigenvalue weighted by molar-refractivity contribution is 7.51. The molecule has 4 rings (SSSR count). The minimum absolute atomic E-state index is 0.118. The second kappa shape index (κ2) is 9.21. The van der Waals surface area contributed by atoms with Gasteiger partial charge in [0.15, 0.2) is 5.76 Å². The molecule has 32 heavy (non-hydrogen) atoms. The summed E-state index contributed by atoms with van der Waals surface area (Å²) in [6.07, 6.45) is 3.67. The summed E-state index contributed by atoms with van der Waals surface area (Å²) < 4.78 is 28.7. The van der Waals surface area contributed by atoms with Gasteiger partial charge in [-0.25, -0.2) is 9.55 Å². The summed E-state index contributed by atoms with van der Waals surface area (Å²) in [6, 6.07) is 18.7. The normalized spacial score (nSPS) is 12.8. The summed E-state index contributed by atoms with van der Waals surface area (Å²) >= 11 is 0. The fourth-order valence-corrected chi connectivity index (χ4v) is 3.48. The molecule has 3 aromatic heterocycles. The molecule has 9 nitrogen and oxygen atoms in total. The van der Waals surface area contributed by atoms with E-state index in [9.17, 15) is 9.46 Å². The molecule has 0 aliphatic heterocycles. The minimum Gasteiger partial charge on any atom is -0.473 e. The molecule has 10 heteroatoms. The maximum absolute atomic E-state index is 11.5. The van der Waals surface area contributed by atoms with E-state index in [1.165, 1.54) is 6.20 Å². The quantitative estimate of drug-likeness (QED) is 0.308. The molecular weight excluding hydrogens is 431 g/mol. The third kappa shape index (κ3) is 5.51. The summed E-state index contributed by atoms with van der Waals surface area (Å²) in [5.41, 5.74) is 9.24. The van der Waals surface area contributed by atoms with Gasteiger partial charge in [0, 0.05) is 24.8 Å². The molecule has 3 heterocycles. The molecule has 0 fully saturated rings. The lowest BCUT2D eigenvalue weighted by Crippen LogP contribution is -2.43. The lowest BCUT2D eigenvalue weighted by Gasteiger charge is -2.07. The number of hydrogen-bond donors (Lipinski definition) is 2. The molecule has 0 radical (unpaired) electrons. The van der Waals surface area contributed by atoms with Gasteiger partial charge in [0.1, 0.15) is 18.4 Å². The third-order valence-electron chi connectivity index (χ3n) is 4.47. The zero-order valence-corrected chi connectivity index (χ0v) is 18.2. The first-order valence-corrected chi connectivity index (χ1v) is 11.8. The van der Waals surface area contributed by atoms with Gasteiger partial charge in [0.2, 0.25) is 5.88 Å². The molecule has 0 saturated heterocycles. The Morgan fingerprint density at radius 3 is 2.66 bits per heavy atom. The van der Waals surface area contributed by atoms with Gasteiger partial charge in [-0.15, -0.1) is 0 Å². The van der Waals surface area contributed by atoms with Gasteiger partial charge in [-0.05, 0) is 28.0 Å². The van der Waals surface area contributed by atoms with Crippen LogP contribution in [0.15, 0.2) is 77.6 Å². The highest BCUT2D eigenvalue weighted by Gasteiger charge is 2.23. The van der Waals surface area contributed by atoms with Crippen molar-refractivity contribution in [3.05, 3.63) is 89.9 Å². The van der Waals surface area contributed by atoms with Gasteiger partial charge < -0.3 is 14.2 Å². The van der Waals surface area contributed by atoms with Gasteiger partial charge in [0.25, 0.3) is 0 Å². The van der Waals surface area contributed by atoms with Crippen LogP contribution in [-0.4, -0.2) is 21.7 Å². The van der Waals surface area contributed by atoms with Crippen LogP contribution in [0.25, 0.3) is 11.3 Å². The molecule has 4 aromatic rings. The van der Waals surface area contributed by atoms with Crippen LogP contribution in [0.2, 0.25) is 0 Å². The summed E-state index contributed by atoms with van der Waals surface area (Å²) in [4.78, 5) is 13.8. The Balaban J connectivity index is 1.42. The molecule has 0 aliphatic rings. The van der Waals surface area contributed by atoms with Gasteiger partial charge in [-0.3, -0.25) is 10.4 Å². The number of benzene rings is 1. The van der Waals surface area contributed by atoms with E-state index < -0.39 is 7.60 Å². The molecule has 1 unspecified atom stereocenters. The van der Waals surface area contributed by atoms with Gasteiger partial charge in [-0.1, -0.05) is 41.6 Å². The fourth-order valence-electron chi connectivity index (χ4n) is 3.01. The van der Waals surface area contributed by atoms with Gasteiger partial charge in [-0.2, -0.15) is 0 Å². The number of anilines is 1. The average molecular weight is 453 g/mol. The van der Waals surface area contributed by atoms with Crippen LogP contribution in [0, 0.1) is 0 Å². The first kappa shape index (κ1) is 21.5. The van der Waals surface area contributed by atoms with Crippen molar-refractivity contribution in [2.24, 2.45) is 0 Å². The predicted octanol–water partition coefficient (Wildman–Crippen LogP) is 3.02. The zero-order valence-electron chi connectivity index (χ0n) is 17.3. The molecule has 1 aromatic carbocycles. The maximum atomic E-state index is 11.5. The fraction of sp³-hybridized carbons (Fsp3) is 0.136. The molecule has 0 saturated carbocycles. The van der Waals surface area contributed by atoms with E-state index in [4.69, 9.17) is 19.6 Å². The van der Waals surface area contributed by atoms with Crippen LogP contribution in [0.3, 0.4) is 0 Å². The number of nitrogen functional groups attached to an aromatic ring is 1. The Bertz CT molecular complexity index is 1240. The second-order valence-electron chi connectivity index (χ2n) is 7.16. The van der Waals surface area contributed by atoms with Gasteiger partial charge in [0.05, 0.1) is 12.4 Å². The number of hydrogen-bond acceptors (Lipinski definition) is 7. The highest BCUT2D eigenvalue weighted by Crippen LogP contribution is 2.31. The lowest BCUT2D eigenvalue weighted by molar-refractivity contribution is -0.847. The number of nitrogens with zero attached hydrogens (tertiary/aromatic N) is 3. The van der Waals surface area contributed by atoms with Crippen molar-refractivity contribution in [2.75, 3.05) is 12.4 Å². The number of pyridine rings is 2. The van der Waals surface area contributed by atoms with E-state index in [-0.39, 0.29) is 5.82 Å². The summed E-state index contributed by atoms with van der Waals surface area (Å²) in [6.45, 7) is 1.52. The Morgan fingerprint density at radius 1 is 1.12 bits per heavy atom. The van der Waals surface area contributed by atoms with Gasteiger partial charge >= 0.3 is 13.4 Å². The number of aromatic nitrogens is 3. The monoisotopic (exact) mass is 453 g/mol. The first-order valence-electron chi connectivity index (χ1n) is 9.75. The van der Waals surface area contributed by atoms with Crippen LogP contribution >= 0.6 is 7.60 Å². The molecule has 164 valence electrons. The molecule has 0 bridgehead atoms. The van der Waals surface area contributed by atoms with Crippen LogP contribution in [0.1, 0.15) is 16.8 Å². The van der Waals surface area contributed by atoms with Crippen molar-refractivity contribution in [3.63, 3.8) is 0 Å². The zero-order chi connectivity index (χ0) is 22.6. The Labute approximate surface area is 184 Å². The second-order valence-corrected chi connectivity index (χ2v) is 8.93. The number of rotatable bonds is 8. The molecule has 1 atom stereocenters. The predicted molar refractivity (Wildman–Crippen MR) is 117 cm³/mol. The topological polar surface area (TPSA) is 125 Å². The van der Waals surface area contributed by atoms with E-state index in [2.05, 4.69) is 10.1 Å². The van der Waals surface area contributed by atoms with E-state index >= 15 is 0 Å². The SMILES string of the molecule is CP(=O)(O)O[n+]1cccc(-c2cc(Cc3ccc(OCc4ccccc4)nc3)no2)c1N. The highest BCUT2D eigenvalue weighted by atomic mass is 31.2. The first-order chi connectivity index (χ1) is 15.4. The Morgan fingerprint density at radius 2 is 1.94 bits per heavy atom. The maximum Gasteiger partial charge on any atom is 0.415 e. The lowest BCUT2D eigenvalue weighted by atomic mass is 10.1. The van der Waals surface area contributed by atoms with Crippen molar-refractivity contribution < 1.29 is 28.1 Å². The van der Waals surface area contributed by atoms with Crippen molar-refractivity contribution in [3.8, 4) is 17.2 Å². The van der Waals surface area contributed by atoms with Crippen LogP contribution in [-0.2, 0) is 17.6 Å². The Kier molecular flexibility index (Phi) is 6.20. The molecule has 0 amide bonds. The molecule has 3 N–H and O–H groups in total. The van der Waals surface area contributed by atoms with Crippen LogP contribution in [0.4, 0.5) is 5.82 Å². The standard InChI is InChI=1S/C22H21N4O5P/c1-32(27,28)31-26-11-5-8-19(22(26)23)20-13-18(25-30-20)12-17-9-10-21(24-14-17)29-15-16-6-3-2-4-7-16/h2-11,13-14,23H,12,15H2,1H3,(H,27,28)/p+1. The van der Waals surface area contributed by atoms with Crippen LogP contribution < -0.4 is 19.8 Å². The minimum atomic E-state index is -3.77. The van der Waals surface area contributed by atoms with E-state index in [0.717, 1.165) is 22.5 Å². The van der Waals surface area contributed by atoms with Crippen LogP contribution in [0.5, 0.6) is 5.88 Å². The number of nitrogens with two attached hydrogens (primary N) is 1. The third-order valence-corrected chi connectivity index (χ3v) is 4.95. The van der Waals surface area contributed by atoms with E-state index in [1.807, 2.05) is 42.5 Å². The smallest absolute Gasteiger partial charge is 0.415 e. The molecular formula is C22H22N4O5P+. The van der Waals surface area contributed by atoms with E-state index in [0.29, 0.717) is 35.9 Å². The van der Waals surface area contributed by atoms with E-state index in [1.54, 1.807) is 24.4 Å². The largest absolute Gasteiger partial charge is 0.473 e. The molecule has 0 spiro atoms. The summed E-state index contributed by atoms with van der Waals surface area (Å²) in [5, 5.41) is 4.09. The summed E-state index contributed by atoms with van der Waals surface area (Å²) in [7, 11) is -3.77. The number of ether oxygens (including phenoxy) is 1. The molecule has 0 aliphatic carbocycles. The van der Waals surface area contributed by atoms with Crippen molar-refractivity contribution in [1.29, 1.82) is 0 Å². The Hall–Kier alpha value is -3.68.